The smallest absolute Gasteiger partial charge is 0.291 e. The lowest BCUT2D eigenvalue weighted by Gasteiger charge is -2.04. The molecule has 2 heterocycles. The molecule has 0 saturated carbocycles. The topological polar surface area (TPSA) is 68.3 Å². The average molecular weight is 318 g/mol. The maximum absolute atomic E-state index is 12.1. The van der Waals surface area contributed by atoms with E-state index < -0.39 is 0 Å². The number of anilines is 1. The number of amides is 1. The molecule has 0 aliphatic carbocycles. The quantitative estimate of drug-likeness (QED) is 0.597. The number of furan rings is 1. The van der Waals surface area contributed by atoms with Gasteiger partial charge < -0.3 is 14.2 Å². The van der Waals surface area contributed by atoms with Crippen LogP contribution in [0.5, 0.6) is 0 Å². The monoisotopic (exact) mass is 318 g/mol. The van der Waals surface area contributed by atoms with E-state index in [1.165, 1.54) is 6.26 Å². The molecule has 1 N–H and O–H groups in total. The van der Waals surface area contributed by atoms with Gasteiger partial charge in [-0.1, -0.05) is 12.1 Å². The van der Waals surface area contributed by atoms with E-state index in [0.717, 1.165) is 22.2 Å². The number of fused-ring (bicyclic) bond motifs is 1. The fourth-order valence-corrected chi connectivity index (χ4v) is 2.49. The Morgan fingerprint density at radius 3 is 2.83 bits per heavy atom. The Morgan fingerprint density at radius 2 is 2.00 bits per heavy atom. The predicted molar refractivity (Wildman–Crippen MR) is 90.8 cm³/mol. The maximum Gasteiger partial charge on any atom is 0.291 e. The second-order valence-electron chi connectivity index (χ2n) is 5.50. The molecule has 5 nitrogen and oxygen atoms in total. The van der Waals surface area contributed by atoms with Crippen LogP contribution >= 0.6 is 0 Å². The minimum atomic E-state index is -0.301. The zero-order valence-corrected chi connectivity index (χ0v) is 12.9. The minimum absolute atomic E-state index is 0.262. The first-order chi connectivity index (χ1) is 11.7. The van der Waals surface area contributed by atoms with Gasteiger partial charge in [-0.15, -0.1) is 0 Å². The van der Waals surface area contributed by atoms with E-state index >= 15 is 0 Å². The summed E-state index contributed by atoms with van der Waals surface area (Å²) in [5, 5.41) is 2.80. The Morgan fingerprint density at radius 1 is 1.08 bits per heavy atom. The first-order valence-electron chi connectivity index (χ1n) is 7.51. The van der Waals surface area contributed by atoms with Crippen LogP contribution in [0.3, 0.4) is 0 Å². The fourth-order valence-electron chi connectivity index (χ4n) is 2.49. The summed E-state index contributed by atoms with van der Waals surface area (Å²) in [6.07, 6.45) is 1.46. The van der Waals surface area contributed by atoms with Gasteiger partial charge in [0.1, 0.15) is 5.52 Å². The molecule has 0 fully saturated rings. The first-order valence-corrected chi connectivity index (χ1v) is 7.51. The van der Waals surface area contributed by atoms with Crippen molar-refractivity contribution in [1.82, 2.24) is 4.98 Å². The number of hydrogen-bond donors (Lipinski definition) is 1. The Hall–Kier alpha value is -3.34. The van der Waals surface area contributed by atoms with E-state index in [1.807, 2.05) is 43.3 Å². The number of aromatic nitrogens is 1. The molecule has 4 rings (SSSR count). The lowest BCUT2D eigenvalue weighted by molar-refractivity contribution is 0.0996. The molecular formula is C19H14N2O3. The Kier molecular flexibility index (Phi) is 3.39. The van der Waals surface area contributed by atoms with Crippen molar-refractivity contribution in [3.05, 3.63) is 72.2 Å². The van der Waals surface area contributed by atoms with E-state index in [2.05, 4.69) is 10.3 Å². The highest BCUT2D eigenvalue weighted by Crippen LogP contribution is 2.26. The fraction of sp³-hybridized carbons (Fsp3) is 0.0526. The highest BCUT2D eigenvalue weighted by molar-refractivity contribution is 6.02. The van der Waals surface area contributed by atoms with Crippen LogP contribution in [0.15, 0.2) is 69.7 Å². The second-order valence-corrected chi connectivity index (χ2v) is 5.50. The number of nitrogens with zero attached hydrogens (tertiary/aromatic N) is 1. The van der Waals surface area contributed by atoms with Crippen LogP contribution in [-0.2, 0) is 0 Å². The summed E-state index contributed by atoms with van der Waals surface area (Å²) in [4.78, 5) is 16.6. The third-order valence-corrected chi connectivity index (χ3v) is 3.66. The molecular weight excluding hydrogens is 304 g/mol. The number of carbonyl (C=O) groups excluding carboxylic acids is 1. The van der Waals surface area contributed by atoms with Crippen LogP contribution in [-0.4, -0.2) is 10.9 Å². The van der Waals surface area contributed by atoms with Crippen LogP contribution in [0.4, 0.5) is 5.69 Å². The summed E-state index contributed by atoms with van der Waals surface area (Å²) < 4.78 is 10.9. The summed E-state index contributed by atoms with van der Waals surface area (Å²) in [6, 6.07) is 16.5. The second kappa shape index (κ2) is 5.70. The van der Waals surface area contributed by atoms with Gasteiger partial charge in [-0.3, -0.25) is 4.79 Å². The van der Waals surface area contributed by atoms with Gasteiger partial charge in [-0.2, -0.15) is 0 Å². The standard InChI is InChI=1S/C19H14N2O3/c1-12-7-8-16-15(10-12)21-19(24-16)13-4-2-5-14(11-13)20-18(22)17-6-3-9-23-17/h2-11H,1H3,(H,20,22). The molecule has 0 spiro atoms. The third kappa shape index (κ3) is 2.67. The summed E-state index contributed by atoms with van der Waals surface area (Å²) in [6.45, 7) is 2.01. The lowest BCUT2D eigenvalue weighted by Crippen LogP contribution is -2.10. The molecule has 0 aliphatic rings. The summed E-state index contributed by atoms with van der Waals surface area (Å²) in [5.74, 6) is 0.479. The normalized spacial score (nSPS) is 10.9. The summed E-state index contributed by atoms with van der Waals surface area (Å²) >= 11 is 0. The van der Waals surface area contributed by atoms with Crippen molar-refractivity contribution in [3.63, 3.8) is 0 Å². The van der Waals surface area contributed by atoms with Gasteiger partial charge in [0.05, 0.1) is 6.26 Å². The molecule has 1 amide bonds. The molecule has 5 heteroatoms. The van der Waals surface area contributed by atoms with Crippen molar-refractivity contribution < 1.29 is 13.6 Å². The van der Waals surface area contributed by atoms with Gasteiger partial charge >= 0.3 is 0 Å². The Bertz CT molecular complexity index is 1020. The molecule has 2 aromatic carbocycles. The highest BCUT2D eigenvalue weighted by atomic mass is 16.3. The molecule has 24 heavy (non-hydrogen) atoms. The average Bonchev–Trinajstić information content (AvgIpc) is 3.24. The van der Waals surface area contributed by atoms with Crippen LogP contribution < -0.4 is 5.32 Å². The molecule has 2 aromatic heterocycles. The lowest BCUT2D eigenvalue weighted by atomic mass is 10.2. The number of hydrogen-bond acceptors (Lipinski definition) is 4. The number of oxazole rings is 1. The minimum Gasteiger partial charge on any atom is -0.459 e. The highest BCUT2D eigenvalue weighted by Gasteiger charge is 2.12. The van der Waals surface area contributed by atoms with Crippen molar-refractivity contribution in [3.8, 4) is 11.5 Å². The molecule has 0 saturated heterocycles. The molecule has 4 aromatic rings. The first kappa shape index (κ1) is 14.3. The molecule has 0 unspecified atom stereocenters. The summed E-state index contributed by atoms with van der Waals surface area (Å²) in [7, 11) is 0. The van der Waals surface area contributed by atoms with Crippen molar-refractivity contribution in [2.45, 2.75) is 6.92 Å². The number of benzene rings is 2. The van der Waals surface area contributed by atoms with Crippen molar-refractivity contribution in [2.24, 2.45) is 0 Å². The van der Waals surface area contributed by atoms with E-state index in [9.17, 15) is 4.79 Å². The van der Waals surface area contributed by atoms with Gasteiger partial charge in [-0.05, 0) is 55.0 Å². The third-order valence-electron chi connectivity index (χ3n) is 3.66. The van der Waals surface area contributed by atoms with E-state index in [-0.39, 0.29) is 11.7 Å². The van der Waals surface area contributed by atoms with E-state index in [4.69, 9.17) is 8.83 Å². The SMILES string of the molecule is Cc1ccc2oc(-c3cccc(NC(=O)c4ccco4)c3)nc2c1. The molecule has 0 atom stereocenters. The van der Waals surface area contributed by atoms with Crippen LogP contribution in [0, 0.1) is 6.92 Å². The largest absolute Gasteiger partial charge is 0.459 e. The van der Waals surface area contributed by atoms with Crippen molar-refractivity contribution in [2.75, 3.05) is 5.32 Å². The molecule has 0 aliphatic heterocycles. The van der Waals surface area contributed by atoms with Crippen molar-refractivity contribution >= 4 is 22.7 Å². The zero-order valence-electron chi connectivity index (χ0n) is 12.9. The van der Waals surface area contributed by atoms with Crippen LogP contribution in [0.1, 0.15) is 16.1 Å². The van der Waals surface area contributed by atoms with E-state index in [0.29, 0.717) is 11.6 Å². The molecule has 0 radical (unpaired) electrons. The van der Waals surface area contributed by atoms with Crippen LogP contribution in [0.25, 0.3) is 22.6 Å². The Labute approximate surface area is 137 Å². The number of nitrogens with one attached hydrogen (secondary N) is 1. The van der Waals surface area contributed by atoms with Crippen LogP contribution in [0.2, 0.25) is 0 Å². The Balaban J connectivity index is 1.65. The van der Waals surface area contributed by atoms with Gasteiger partial charge in [0, 0.05) is 11.3 Å². The zero-order chi connectivity index (χ0) is 16.5. The predicted octanol–water partition coefficient (Wildman–Crippen LogP) is 4.65. The van der Waals surface area contributed by atoms with E-state index in [1.54, 1.807) is 18.2 Å². The van der Waals surface area contributed by atoms with Gasteiger partial charge in [0.15, 0.2) is 11.3 Å². The molecule has 0 bridgehead atoms. The maximum atomic E-state index is 12.1. The number of carbonyl (C=O) groups is 1. The van der Waals surface area contributed by atoms with Gasteiger partial charge in [-0.25, -0.2) is 4.98 Å². The van der Waals surface area contributed by atoms with Gasteiger partial charge in [0.2, 0.25) is 5.89 Å². The molecule has 118 valence electrons. The van der Waals surface area contributed by atoms with Crippen molar-refractivity contribution in [1.29, 1.82) is 0 Å². The number of rotatable bonds is 3. The number of aryl methyl sites for hydroxylation is 1. The van der Waals surface area contributed by atoms with Gasteiger partial charge in [0.25, 0.3) is 5.91 Å². The summed E-state index contributed by atoms with van der Waals surface area (Å²) in [5.41, 5.74) is 4.12.